The van der Waals surface area contributed by atoms with Gasteiger partial charge in [-0.15, -0.1) is 0 Å². The maximum atomic E-state index is 12.4. The molecule has 146 valence electrons. The smallest absolute Gasteiger partial charge is 0.224 e. The molecule has 1 amide bonds. The van der Waals surface area contributed by atoms with Gasteiger partial charge in [0.05, 0.1) is 0 Å². The lowest BCUT2D eigenvalue weighted by atomic mass is 9.64. The largest absolute Gasteiger partial charge is 0.371 e. The zero-order chi connectivity index (χ0) is 19.3. The summed E-state index contributed by atoms with van der Waals surface area (Å²) in [6.07, 6.45) is 8.28. The number of amides is 1. The van der Waals surface area contributed by atoms with Crippen LogP contribution in [0.15, 0.2) is 24.3 Å². The van der Waals surface area contributed by atoms with E-state index in [1.807, 2.05) is 0 Å². The molecule has 0 radical (unpaired) electrons. The second-order valence-electron chi connectivity index (χ2n) is 10.3. The first-order chi connectivity index (χ1) is 12.7. The molecule has 1 saturated heterocycles. The van der Waals surface area contributed by atoms with E-state index in [4.69, 9.17) is 0 Å². The van der Waals surface area contributed by atoms with E-state index in [0.717, 1.165) is 29.4 Å². The topological polar surface area (TPSA) is 32.3 Å². The predicted molar refractivity (Wildman–Crippen MR) is 113 cm³/mol. The molecule has 0 spiro atoms. The Balaban J connectivity index is 1.50. The molecule has 1 saturated carbocycles. The van der Waals surface area contributed by atoms with E-state index in [-0.39, 0.29) is 11.3 Å². The zero-order valence-electron chi connectivity index (χ0n) is 17.5. The predicted octanol–water partition coefficient (Wildman–Crippen LogP) is 5.33. The van der Waals surface area contributed by atoms with Gasteiger partial charge >= 0.3 is 0 Å². The van der Waals surface area contributed by atoms with Crippen LogP contribution in [0.1, 0.15) is 51.2 Å². The Hall–Kier alpha value is -1.77. The van der Waals surface area contributed by atoms with Crippen molar-refractivity contribution < 1.29 is 4.79 Å². The fraction of sp³-hybridized carbons (Fsp3) is 0.625. The SMILES string of the molecule is Cc1cc(N2CC3C4C=CC(CC4)C3C2)cc(C)c1NC(=O)CC(C)(C)C. The van der Waals surface area contributed by atoms with Gasteiger partial charge in [0, 0.05) is 30.9 Å². The number of rotatable bonds is 3. The fourth-order valence-corrected chi connectivity index (χ4v) is 5.53. The van der Waals surface area contributed by atoms with Crippen LogP contribution in [0.4, 0.5) is 11.4 Å². The lowest BCUT2D eigenvalue weighted by Crippen LogP contribution is -2.35. The van der Waals surface area contributed by atoms with Gasteiger partial charge in [-0.05, 0) is 79.0 Å². The first kappa shape index (κ1) is 18.6. The highest BCUT2D eigenvalue weighted by molar-refractivity contribution is 5.93. The van der Waals surface area contributed by atoms with Gasteiger partial charge in [-0.25, -0.2) is 0 Å². The van der Waals surface area contributed by atoms with Crippen molar-refractivity contribution in [3.63, 3.8) is 0 Å². The summed E-state index contributed by atoms with van der Waals surface area (Å²) in [6, 6.07) is 4.54. The minimum absolute atomic E-state index is 0.00503. The lowest BCUT2D eigenvalue weighted by Gasteiger charge is -2.40. The van der Waals surface area contributed by atoms with Crippen molar-refractivity contribution in [1.82, 2.24) is 0 Å². The van der Waals surface area contributed by atoms with E-state index < -0.39 is 0 Å². The van der Waals surface area contributed by atoms with Gasteiger partial charge in [0.2, 0.25) is 5.91 Å². The summed E-state index contributed by atoms with van der Waals surface area (Å²) >= 11 is 0. The summed E-state index contributed by atoms with van der Waals surface area (Å²) in [5.74, 6) is 3.36. The van der Waals surface area contributed by atoms with Crippen LogP contribution >= 0.6 is 0 Å². The summed E-state index contributed by atoms with van der Waals surface area (Å²) in [4.78, 5) is 15.0. The normalized spacial score (nSPS) is 29.1. The number of benzene rings is 1. The molecular weight excluding hydrogens is 332 g/mol. The van der Waals surface area contributed by atoms with Crippen molar-refractivity contribution in [2.45, 2.75) is 53.9 Å². The van der Waals surface area contributed by atoms with Crippen LogP contribution in [0.3, 0.4) is 0 Å². The van der Waals surface area contributed by atoms with Crippen LogP contribution in [0.5, 0.6) is 0 Å². The van der Waals surface area contributed by atoms with Gasteiger partial charge < -0.3 is 10.2 Å². The number of carbonyl (C=O) groups is 1. The number of anilines is 2. The highest BCUT2D eigenvalue weighted by Crippen LogP contribution is 2.49. The van der Waals surface area contributed by atoms with Crippen molar-refractivity contribution in [2.75, 3.05) is 23.3 Å². The standard InChI is InChI=1S/C24H34N2O/c1-15-10-19(11-16(2)23(15)25-22(27)12-24(3,4)5)26-13-20-17-6-7-18(9-8-17)21(20)14-26/h6-7,10-11,17-18,20-21H,8-9,12-14H2,1-5H3,(H,25,27). The van der Waals surface area contributed by atoms with Crippen LogP contribution in [-0.4, -0.2) is 19.0 Å². The summed E-state index contributed by atoms with van der Waals surface area (Å²) in [6.45, 7) is 12.9. The van der Waals surface area contributed by atoms with E-state index >= 15 is 0 Å². The van der Waals surface area contributed by atoms with Gasteiger partial charge in [0.25, 0.3) is 0 Å². The number of carbonyl (C=O) groups excluding carboxylic acids is 1. The third-order valence-corrected chi connectivity index (χ3v) is 6.79. The molecule has 3 heteroatoms. The minimum Gasteiger partial charge on any atom is -0.371 e. The second-order valence-corrected chi connectivity index (χ2v) is 10.3. The summed E-state index contributed by atoms with van der Waals surface area (Å²) < 4.78 is 0. The lowest BCUT2D eigenvalue weighted by molar-refractivity contribution is -0.117. The van der Waals surface area contributed by atoms with Crippen LogP contribution in [-0.2, 0) is 4.79 Å². The summed E-state index contributed by atoms with van der Waals surface area (Å²) in [5.41, 5.74) is 4.66. The molecule has 1 aromatic rings. The Labute approximate surface area is 164 Å². The molecule has 2 bridgehead atoms. The third-order valence-electron chi connectivity index (χ3n) is 6.79. The monoisotopic (exact) mass is 366 g/mol. The van der Waals surface area contributed by atoms with Gasteiger partial charge in [0.1, 0.15) is 0 Å². The van der Waals surface area contributed by atoms with E-state index in [1.54, 1.807) is 0 Å². The number of hydrogen-bond donors (Lipinski definition) is 1. The highest BCUT2D eigenvalue weighted by atomic mass is 16.1. The molecule has 27 heavy (non-hydrogen) atoms. The molecule has 0 aromatic heterocycles. The van der Waals surface area contributed by atoms with Crippen molar-refractivity contribution in [2.24, 2.45) is 29.1 Å². The molecule has 2 fully saturated rings. The fourth-order valence-electron chi connectivity index (χ4n) is 5.53. The first-order valence-corrected chi connectivity index (χ1v) is 10.6. The average Bonchev–Trinajstić information content (AvgIpc) is 3.05. The Morgan fingerprint density at radius 3 is 2.00 bits per heavy atom. The van der Waals surface area contributed by atoms with Gasteiger partial charge in [-0.1, -0.05) is 32.9 Å². The number of aryl methyl sites for hydroxylation is 2. The van der Waals surface area contributed by atoms with Crippen LogP contribution in [0.25, 0.3) is 0 Å². The van der Waals surface area contributed by atoms with Crippen molar-refractivity contribution >= 4 is 17.3 Å². The molecule has 4 aliphatic rings. The number of fused-ring (bicyclic) bond motifs is 1. The molecule has 4 atom stereocenters. The molecule has 3 aliphatic carbocycles. The maximum Gasteiger partial charge on any atom is 0.224 e. The third kappa shape index (κ3) is 3.66. The molecule has 5 rings (SSSR count). The van der Waals surface area contributed by atoms with Crippen molar-refractivity contribution in [3.05, 3.63) is 35.4 Å². The van der Waals surface area contributed by atoms with Gasteiger partial charge in [-0.3, -0.25) is 4.79 Å². The number of hydrogen-bond acceptors (Lipinski definition) is 2. The number of nitrogens with zero attached hydrogens (tertiary/aromatic N) is 1. The maximum absolute atomic E-state index is 12.4. The summed E-state index contributed by atoms with van der Waals surface area (Å²) in [5, 5.41) is 3.16. The van der Waals surface area contributed by atoms with E-state index in [9.17, 15) is 4.79 Å². The van der Waals surface area contributed by atoms with Crippen LogP contribution in [0.2, 0.25) is 0 Å². The molecule has 1 aliphatic heterocycles. The van der Waals surface area contributed by atoms with Crippen LogP contribution < -0.4 is 10.2 Å². The highest BCUT2D eigenvalue weighted by Gasteiger charge is 2.45. The Kier molecular flexibility index (Phi) is 4.60. The van der Waals surface area contributed by atoms with Gasteiger partial charge in [0.15, 0.2) is 0 Å². The molecule has 4 unspecified atom stereocenters. The Bertz CT molecular complexity index is 728. The van der Waals surface area contributed by atoms with Gasteiger partial charge in [-0.2, -0.15) is 0 Å². The van der Waals surface area contributed by atoms with Crippen LogP contribution in [0, 0.1) is 42.9 Å². The quantitative estimate of drug-likeness (QED) is 0.734. The average molecular weight is 367 g/mol. The molecule has 1 N–H and O–H groups in total. The molecular formula is C24H34N2O. The Morgan fingerprint density at radius 2 is 1.56 bits per heavy atom. The summed E-state index contributed by atoms with van der Waals surface area (Å²) in [7, 11) is 0. The first-order valence-electron chi connectivity index (χ1n) is 10.6. The Morgan fingerprint density at radius 1 is 1.04 bits per heavy atom. The van der Waals surface area contributed by atoms with E-state index in [2.05, 4.69) is 69.1 Å². The van der Waals surface area contributed by atoms with E-state index in [0.29, 0.717) is 6.42 Å². The molecule has 1 aromatic carbocycles. The molecule has 1 heterocycles. The van der Waals surface area contributed by atoms with E-state index in [1.165, 1.54) is 42.7 Å². The molecule has 3 nitrogen and oxygen atoms in total. The zero-order valence-corrected chi connectivity index (χ0v) is 17.5. The second kappa shape index (κ2) is 6.68. The van der Waals surface area contributed by atoms with Crippen molar-refractivity contribution in [1.29, 1.82) is 0 Å². The number of nitrogens with one attached hydrogen (secondary N) is 1. The van der Waals surface area contributed by atoms with Crippen molar-refractivity contribution in [3.8, 4) is 0 Å². The number of allylic oxidation sites excluding steroid dienone is 2. The minimum atomic E-state index is 0.00503.